The number of benzene rings is 2. The van der Waals surface area contributed by atoms with Crippen LogP contribution in [-0.2, 0) is 9.53 Å². The number of halogens is 1. The van der Waals surface area contributed by atoms with E-state index in [1.54, 1.807) is 43.3 Å². The molecule has 8 nitrogen and oxygen atoms in total. The number of rotatable bonds is 6. The molecule has 1 N–H and O–H groups in total. The standard InChI is InChI=1S/C20H15ClN2O6/c1-12-7-10-17(28-12)20(25)29-18(13-5-3-2-4-6-13)19(24)22-16-9-8-14(23(26)27)11-15(16)21/h2-11,18H,1H3,(H,22,24). The molecule has 0 aliphatic heterocycles. The van der Waals surface area contributed by atoms with Crippen LogP contribution in [0, 0.1) is 17.0 Å². The van der Waals surface area contributed by atoms with Crippen molar-refractivity contribution < 1.29 is 23.7 Å². The number of aryl methyl sites for hydroxylation is 1. The number of furan rings is 1. The fourth-order valence-corrected chi connectivity index (χ4v) is 2.75. The SMILES string of the molecule is Cc1ccc(C(=O)OC(C(=O)Nc2ccc([N+](=O)[O-])cc2Cl)c2ccccc2)o1. The minimum absolute atomic E-state index is 0.0210. The van der Waals surface area contributed by atoms with Gasteiger partial charge >= 0.3 is 5.97 Å². The van der Waals surface area contributed by atoms with Gasteiger partial charge in [-0.1, -0.05) is 41.9 Å². The van der Waals surface area contributed by atoms with Gasteiger partial charge in [-0.2, -0.15) is 0 Å². The third-order valence-corrected chi connectivity index (χ3v) is 4.24. The smallest absolute Gasteiger partial charge is 0.375 e. The van der Waals surface area contributed by atoms with Gasteiger partial charge < -0.3 is 14.5 Å². The van der Waals surface area contributed by atoms with E-state index in [9.17, 15) is 19.7 Å². The Bertz CT molecular complexity index is 1060. The molecule has 1 heterocycles. The first-order chi connectivity index (χ1) is 13.8. The minimum atomic E-state index is -1.29. The zero-order valence-electron chi connectivity index (χ0n) is 15.1. The molecule has 0 saturated heterocycles. The quantitative estimate of drug-likeness (QED) is 0.356. The summed E-state index contributed by atoms with van der Waals surface area (Å²) in [6, 6.07) is 15.1. The van der Waals surface area contributed by atoms with Crippen LogP contribution in [0.1, 0.15) is 28.0 Å². The van der Waals surface area contributed by atoms with Gasteiger partial charge in [0.05, 0.1) is 15.6 Å². The van der Waals surface area contributed by atoms with Gasteiger partial charge in [0.25, 0.3) is 11.6 Å². The van der Waals surface area contributed by atoms with Crippen LogP contribution < -0.4 is 5.32 Å². The average molecular weight is 415 g/mol. The number of ether oxygens (including phenoxy) is 1. The molecule has 9 heteroatoms. The topological polar surface area (TPSA) is 112 Å². The first kappa shape index (κ1) is 20.1. The highest BCUT2D eigenvalue weighted by molar-refractivity contribution is 6.34. The lowest BCUT2D eigenvalue weighted by Crippen LogP contribution is -2.26. The molecular weight excluding hydrogens is 400 g/mol. The fraction of sp³-hybridized carbons (Fsp3) is 0.100. The Morgan fingerprint density at radius 3 is 2.45 bits per heavy atom. The fourth-order valence-electron chi connectivity index (χ4n) is 2.53. The molecule has 1 unspecified atom stereocenters. The van der Waals surface area contributed by atoms with E-state index in [1.165, 1.54) is 18.2 Å². The first-order valence-corrected chi connectivity index (χ1v) is 8.80. The molecule has 29 heavy (non-hydrogen) atoms. The van der Waals surface area contributed by atoms with Crippen molar-refractivity contribution in [3.63, 3.8) is 0 Å². The van der Waals surface area contributed by atoms with E-state index in [1.807, 2.05) is 0 Å². The summed E-state index contributed by atoms with van der Waals surface area (Å²) in [5.74, 6) is -1.000. The number of anilines is 1. The Morgan fingerprint density at radius 2 is 1.86 bits per heavy atom. The lowest BCUT2D eigenvalue weighted by atomic mass is 10.1. The van der Waals surface area contributed by atoms with E-state index >= 15 is 0 Å². The zero-order chi connectivity index (χ0) is 21.0. The number of nitrogens with zero attached hydrogens (tertiary/aromatic N) is 1. The molecule has 0 radical (unpaired) electrons. The number of esters is 1. The molecule has 1 atom stereocenters. The Kier molecular flexibility index (Phi) is 5.94. The van der Waals surface area contributed by atoms with Gasteiger partial charge in [-0.3, -0.25) is 14.9 Å². The second-order valence-electron chi connectivity index (χ2n) is 6.02. The molecule has 148 valence electrons. The summed E-state index contributed by atoms with van der Waals surface area (Å²) in [6.45, 7) is 1.68. The van der Waals surface area contributed by atoms with Crippen molar-refractivity contribution in [2.75, 3.05) is 5.32 Å². The van der Waals surface area contributed by atoms with Crippen molar-refractivity contribution in [2.24, 2.45) is 0 Å². The lowest BCUT2D eigenvalue weighted by Gasteiger charge is -2.18. The first-order valence-electron chi connectivity index (χ1n) is 8.42. The van der Waals surface area contributed by atoms with Crippen LogP contribution in [0.5, 0.6) is 0 Å². The van der Waals surface area contributed by atoms with E-state index in [-0.39, 0.29) is 22.2 Å². The number of amides is 1. The highest BCUT2D eigenvalue weighted by Gasteiger charge is 2.27. The summed E-state index contributed by atoms with van der Waals surface area (Å²) in [7, 11) is 0. The summed E-state index contributed by atoms with van der Waals surface area (Å²) in [5.41, 5.74) is 0.361. The number of non-ortho nitro benzene ring substituents is 1. The monoisotopic (exact) mass is 414 g/mol. The largest absolute Gasteiger partial charge is 0.454 e. The number of carbonyl (C=O) groups excluding carboxylic acids is 2. The van der Waals surface area contributed by atoms with Crippen molar-refractivity contribution in [3.8, 4) is 0 Å². The normalized spacial score (nSPS) is 11.5. The maximum atomic E-state index is 12.8. The average Bonchev–Trinajstić information content (AvgIpc) is 3.14. The lowest BCUT2D eigenvalue weighted by molar-refractivity contribution is -0.384. The van der Waals surface area contributed by atoms with E-state index in [0.29, 0.717) is 11.3 Å². The molecule has 3 rings (SSSR count). The summed E-state index contributed by atoms with van der Waals surface area (Å²) >= 11 is 6.03. The van der Waals surface area contributed by atoms with Crippen LogP contribution in [0.2, 0.25) is 5.02 Å². The third-order valence-electron chi connectivity index (χ3n) is 3.93. The number of nitro groups is 1. The number of hydrogen-bond donors (Lipinski definition) is 1. The molecule has 1 aromatic heterocycles. The molecule has 0 aliphatic rings. The second kappa shape index (κ2) is 8.57. The Labute approximate surface area is 170 Å². The van der Waals surface area contributed by atoms with Crippen LogP contribution in [0.3, 0.4) is 0 Å². The third kappa shape index (κ3) is 4.80. The molecular formula is C20H15ClN2O6. The highest BCUT2D eigenvalue weighted by Crippen LogP contribution is 2.29. The number of nitrogens with one attached hydrogen (secondary N) is 1. The Balaban J connectivity index is 1.85. The van der Waals surface area contributed by atoms with Crippen LogP contribution in [0.25, 0.3) is 0 Å². The van der Waals surface area contributed by atoms with Crippen molar-refractivity contribution in [3.05, 3.63) is 92.9 Å². The number of hydrogen-bond acceptors (Lipinski definition) is 6. The van der Waals surface area contributed by atoms with Gasteiger partial charge in [0, 0.05) is 17.7 Å². The van der Waals surface area contributed by atoms with Crippen molar-refractivity contribution in [2.45, 2.75) is 13.0 Å². The predicted molar refractivity (Wildman–Crippen MR) is 105 cm³/mol. The molecule has 0 saturated carbocycles. The van der Waals surface area contributed by atoms with E-state index in [2.05, 4.69) is 5.32 Å². The van der Waals surface area contributed by atoms with Gasteiger partial charge in [0.2, 0.25) is 11.9 Å². The molecule has 0 spiro atoms. The summed E-state index contributed by atoms with van der Waals surface area (Å²) in [5, 5.41) is 13.3. The van der Waals surface area contributed by atoms with Crippen molar-refractivity contribution >= 4 is 34.9 Å². The predicted octanol–water partition coefficient (Wildman–Crippen LogP) is 4.69. The molecule has 0 fully saturated rings. The molecule has 2 aromatic carbocycles. The Morgan fingerprint density at radius 1 is 1.14 bits per heavy atom. The van der Waals surface area contributed by atoms with Gasteiger partial charge in [-0.15, -0.1) is 0 Å². The van der Waals surface area contributed by atoms with Gasteiger partial charge in [0.1, 0.15) is 5.76 Å². The van der Waals surface area contributed by atoms with Crippen LogP contribution in [0.4, 0.5) is 11.4 Å². The molecule has 0 bridgehead atoms. The van der Waals surface area contributed by atoms with Gasteiger partial charge in [0.15, 0.2) is 0 Å². The van der Waals surface area contributed by atoms with E-state index < -0.39 is 22.9 Å². The Hall–Kier alpha value is -3.65. The van der Waals surface area contributed by atoms with E-state index in [4.69, 9.17) is 20.8 Å². The van der Waals surface area contributed by atoms with Gasteiger partial charge in [-0.25, -0.2) is 4.79 Å². The van der Waals surface area contributed by atoms with Crippen molar-refractivity contribution in [1.82, 2.24) is 0 Å². The maximum Gasteiger partial charge on any atom is 0.375 e. The molecule has 1 amide bonds. The van der Waals surface area contributed by atoms with Crippen LogP contribution >= 0.6 is 11.6 Å². The molecule has 0 aliphatic carbocycles. The van der Waals surface area contributed by atoms with Crippen LogP contribution in [-0.4, -0.2) is 16.8 Å². The van der Waals surface area contributed by atoms with Crippen molar-refractivity contribution in [1.29, 1.82) is 0 Å². The summed E-state index contributed by atoms with van der Waals surface area (Å²) in [4.78, 5) is 35.5. The van der Waals surface area contributed by atoms with Crippen LogP contribution in [0.15, 0.2) is 65.1 Å². The minimum Gasteiger partial charge on any atom is -0.454 e. The van der Waals surface area contributed by atoms with Gasteiger partial charge in [-0.05, 0) is 25.1 Å². The maximum absolute atomic E-state index is 12.8. The number of nitro benzene ring substituents is 1. The zero-order valence-corrected chi connectivity index (χ0v) is 15.9. The number of carbonyl (C=O) groups is 2. The van der Waals surface area contributed by atoms with E-state index in [0.717, 1.165) is 6.07 Å². The highest BCUT2D eigenvalue weighted by atomic mass is 35.5. The summed E-state index contributed by atoms with van der Waals surface area (Å²) in [6.07, 6.45) is -1.29. The second-order valence-corrected chi connectivity index (χ2v) is 6.42. The summed E-state index contributed by atoms with van der Waals surface area (Å²) < 4.78 is 10.6. The molecule has 3 aromatic rings.